The number of aromatic nitrogens is 1. The van der Waals surface area contributed by atoms with E-state index in [9.17, 15) is 4.79 Å². The van der Waals surface area contributed by atoms with Gasteiger partial charge in [0.25, 0.3) is 5.91 Å². The first-order valence-electron chi connectivity index (χ1n) is 6.40. The maximum Gasteiger partial charge on any atom is 0.251 e. The third kappa shape index (κ3) is 2.93. The second kappa shape index (κ2) is 5.79. The van der Waals surface area contributed by atoms with E-state index in [1.807, 2.05) is 39.8 Å². The molecule has 2 aromatic rings. The summed E-state index contributed by atoms with van der Waals surface area (Å²) in [5.41, 5.74) is 3.42. The number of halogens is 1. The Hall–Kier alpha value is -1.62. The topological polar surface area (TPSA) is 55.1 Å². The summed E-state index contributed by atoms with van der Waals surface area (Å²) in [6.07, 6.45) is 0. The van der Waals surface area contributed by atoms with Crippen molar-refractivity contribution in [1.82, 2.24) is 10.5 Å². The Balaban J connectivity index is 2.17. The fourth-order valence-corrected chi connectivity index (χ4v) is 2.49. The molecule has 1 amide bonds. The normalized spacial score (nSPS) is 12.2. The minimum absolute atomic E-state index is 0.104. The van der Waals surface area contributed by atoms with Crippen LogP contribution in [0, 0.1) is 20.8 Å². The van der Waals surface area contributed by atoms with Gasteiger partial charge in [-0.3, -0.25) is 4.79 Å². The van der Waals surface area contributed by atoms with Crippen molar-refractivity contribution in [2.45, 2.75) is 33.7 Å². The lowest BCUT2D eigenvalue weighted by molar-refractivity contribution is 0.0939. The van der Waals surface area contributed by atoms with Crippen LogP contribution in [0.1, 0.15) is 45.9 Å². The van der Waals surface area contributed by atoms with Gasteiger partial charge in [0, 0.05) is 15.6 Å². The molecule has 0 aliphatic carbocycles. The summed E-state index contributed by atoms with van der Waals surface area (Å²) in [5, 5.41) is 6.88. The number of nitrogens with one attached hydrogen (secondary N) is 1. The van der Waals surface area contributed by atoms with Crippen molar-refractivity contribution in [3.8, 4) is 0 Å². The predicted molar refractivity (Wildman–Crippen MR) is 80.7 cm³/mol. The minimum Gasteiger partial charge on any atom is -0.361 e. The summed E-state index contributed by atoms with van der Waals surface area (Å²) < 4.78 is 6.12. The van der Waals surface area contributed by atoms with Gasteiger partial charge in [-0.05, 0) is 51.5 Å². The Bertz CT molecular complexity index is 630. The predicted octanol–water partition coefficient (Wildman–Crippen LogP) is 3.85. The average Bonchev–Trinajstić information content (AvgIpc) is 2.72. The monoisotopic (exact) mass is 336 g/mol. The van der Waals surface area contributed by atoms with E-state index < -0.39 is 0 Å². The highest BCUT2D eigenvalue weighted by Crippen LogP contribution is 2.22. The van der Waals surface area contributed by atoms with Gasteiger partial charge in [-0.25, -0.2) is 0 Å². The number of benzene rings is 1. The second-order valence-corrected chi connectivity index (χ2v) is 5.75. The number of hydrogen-bond donors (Lipinski definition) is 1. The molecule has 2 rings (SSSR count). The van der Waals surface area contributed by atoms with Crippen LogP contribution in [0.3, 0.4) is 0 Å². The average molecular weight is 337 g/mol. The standard InChI is InChI=1S/C15H17BrN2O2/c1-8-7-12(5-6-13(8)16)15(19)17-9(2)14-10(3)18-20-11(14)4/h5-7,9H,1-4H3,(H,17,19). The van der Waals surface area contributed by atoms with Crippen LogP contribution >= 0.6 is 15.9 Å². The molecule has 0 aliphatic rings. The van der Waals surface area contributed by atoms with Crippen LogP contribution in [0.15, 0.2) is 27.2 Å². The van der Waals surface area contributed by atoms with Gasteiger partial charge in [-0.1, -0.05) is 21.1 Å². The molecule has 0 spiro atoms. The van der Waals surface area contributed by atoms with Crippen LogP contribution in [0.4, 0.5) is 0 Å². The Morgan fingerprint density at radius 2 is 2.05 bits per heavy atom. The zero-order chi connectivity index (χ0) is 14.9. The molecule has 0 radical (unpaired) electrons. The first-order valence-corrected chi connectivity index (χ1v) is 7.19. The van der Waals surface area contributed by atoms with Crippen molar-refractivity contribution in [3.05, 3.63) is 50.8 Å². The zero-order valence-electron chi connectivity index (χ0n) is 12.0. The minimum atomic E-state index is -0.141. The number of aryl methyl sites for hydroxylation is 3. The summed E-state index contributed by atoms with van der Waals surface area (Å²) in [6.45, 7) is 7.61. The summed E-state index contributed by atoms with van der Waals surface area (Å²) >= 11 is 3.43. The molecule has 4 nitrogen and oxygen atoms in total. The lowest BCUT2D eigenvalue weighted by Gasteiger charge is -2.14. The maximum absolute atomic E-state index is 12.3. The molecule has 0 aliphatic heterocycles. The van der Waals surface area contributed by atoms with E-state index >= 15 is 0 Å². The van der Waals surface area contributed by atoms with Gasteiger partial charge in [0.15, 0.2) is 0 Å². The van der Waals surface area contributed by atoms with Crippen LogP contribution < -0.4 is 5.32 Å². The molecule has 0 bridgehead atoms. The molecule has 20 heavy (non-hydrogen) atoms. The Morgan fingerprint density at radius 1 is 1.35 bits per heavy atom. The van der Waals surface area contributed by atoms with Gasteiger partial charge in [0.05, 0.1) is 11.7 Å². The van der Waals surface area contributed by atoms with Gasteiger partial charge in [0.2, 0.25) is 0 Å². The molecular weight excluding hydrogens is 320 g/mol. The zero-order valence-corrected chi connectivity index (χ0v) is 13.5. The number of rotatable bonds is 3. The van der Waals surface area contributed by atoms with Gasteiger partial charge >= 0.3 is 0 Å². The van der Waals surface area contributed by atoms with Gasteiger partial charge < -0.3 is 9.84 Å². The van der Waals surface area contributed by atoms with E-state index in [0.717, 1.165) is 27.1 Å². The van der Waals surface area contributed by atoms with Gasteiger partial charge in [-0.15, -0.1) is 0 Å². The summed E-state index contributed by atoms with van der Waals surface area (Å²) in [7, 11) is 0. The van der Waals surface area contributed by atoms with Crippen LogP contribution in [-0.2, 0) is 0 Å². The van der Waals surface area contributed by atoms with Crippen molar-refractivity contribution in [2.75, 3.05) is 0 Å². The van der Waals surface area contributed by atoms with E-state index in [1.54, 1.807) is 6.07 Å². The number of hydrogen-bond acceptors (Lipinski definition) is 3. The molecule has 0 saturated heterocycles. The lowest BCUT2D eigenvalue weighted by Crippen LogP contribution is -2.27. The van der Waals surface area contributed by atoms with Crippen molar-refractivity contribution >= 4 is 21.8 Å². The number of carbonyl (C=O) groups is 1. The highest BCUT2D eigenvalue weighted by Gasteiger charge is 2.19. The van der Waals surface area contributed by atoms with Crippen LogP contribution in [-0.4, -0.2) is 11.1 Å². The molecule has 1 N–H and O–H groups in total. The fourth-order valence-electron chi connectivity index (χ4n) is 2.25. The maximum atomic E-state index is 12.3. The molecule has 1 heterocycles. The molecule has 1 unspecified atom stereocenters. The van der Waals surface area contributed by atoms with E-state index in [4.69, 9.17) is 4.52 Å². The Labute approximate surface area is 126 Å². The van der Waals surface area contributed by atoms with E-state index in [-0.39, 0.29) is 11.9 Å². The van der Waals surface area contributed by atoms with Crippen molar-refractivity contribution in [2.24, 2.45) is 0 Å². The Kier molecular flexibility index (Phi) is 4.28. The van der Waals surface area contributed by atoms with Crippen molar-refractivity contribution in [3.63, 3.8) is 0 Å². The number of carbonyl (C=O) groups excluding carboxylic acids is 1. The fraction of sp³-hybridized carbons (Fsp3) is 0.333. The highest BCUT2D eigenvalue weighted by molar-refractivity contribution is 9.10. The third-order valence-corrected chi connectivity index (χ3v) is 4.18. The van der Waals surface area contributed by atoms with Crippen molar-refractivity contribution < 1.29 is 9.32 Å². The van der Waals surface area contributed by atoms with Crippen LogP contribution in [0.5, 0.6) is 0 Å². The molecule has 5 heteroatoms. The van der Waals surface area contributed by atoms with E-state index in [0.29, 0.717) is 5.56 Å². The second-order valence-electron chi connectivity index (χ2n) is 4.90. The number of nitrogens with zero attached hydrogens (tertiary/aromatic N) is 1. The van der Waals surface area contributed by atoms with Gasteiger partial charge in [0.1, 0.15) is 5.76 Å². The Morgan fingerprint density at radius 3 is 2.60 bits per heavy atom. The molecule has 1 aromatic heterocycles. The molecular formula is C15H17BrN2O2. The molecule has 0 saturated carbocycles. The summed E-state index contributed by atoms with van der Waals surface area (Å²) in [5.74, 6) is 0.635. The first-order chi connectivity index (χ1) is 9.40. The van der Waals surface area contributed by atoms with E-state index in [1.165, 1.54) is 0 Å². The molecule has 106 valence electrons. The largest absolute Gasteiger partial charge is 0.361 e. The molecule has 1 aromatic carbocycles. The molecule has 0 fully saturated rings. The quantitative estimate of drug-likeness (QED) is 0.925. The van der Waals surface area contributed by atoms with Crippen molar-refractivity contribution in [1.29, 1.82) is 0 Å². The van der Waals surface area contributed by atoms with Gasteiger partial charge in [-0.2, -0.15) is 0 Å². The SMILES string of the molecule is Cc1cc(C(=O)NC(C)c2c(C)noc2C)ccc1Br. The summed E-state index contributed by atoms with van der Waals surface area (Å²) in [4.78, 5) is 12.3. The van der Waals surface area contributed by atoms with Crippen LogP contribution in [0.2, 0.25) is 0 Å². The third-order valence-electron chi connectivity index (χ3n) is 3.29. The van der Waals surface area contributed by atoms with Crippen LogP contribution in [0.25, 0.3) is 0 Å². The smallest absolute Gasteiger partial charge is 0.251 e. The lowest BCUT2D eigenvalue weighted by atomic mass is 10.1. The van der Waals surface area contributed by atoms with E-state index in [2.05, 4.69) is 26.4 Å². The molecule has 1 atom stereocenters. The number of amides is 1. The summed E-state index contributed by atoms with van der Waals surface area (Å²) in [6, 6.07) is 5.40. The first kappa shape index (κ1) is 14.8. The highest BCUT2D eigenvalue weighted by atomic mass is 79.9.